The number of halogens is 1. The Labute approximate surface area is 212 Å². The molecule has 0 radical (unpaired) electrons. The number of hydrogen-bond donors (Lipinski definition) is 0. The number of anilines is 2. The number of hydrogen-bond acceptors (Lipinski definition) is 5. The Bertz CT molecular complexity index is 1300. The molecule has 0 saturated heterocycles. The molecule has 0 unspecified atom stereocenters. The summed E-state index contributed by atoms with van der Waals surface area (Å²) in [6.45, 7) is 4.20. The number of rotatable bonds is 10. The zero-order chi connectivity index (χ0) is 25.5. The van der Waals surface area contributed by atoms with Gasteiger partial charge in [-0.2, -0.15) is 0 Å². The van der Waals surface area contributed by atoms with E-state index in [4.69, 9.17) is 19.2 Å². The lowest BCUT2D eigenvalue weighted by Gasteiger charge is -2.22. The molecular weight excluding hydrogens is 455 g/mol. The van der Waals surface area contributed by atoms with E-state index < -0.39 is 0 Å². The second kappa shape index (κ2) is 11.7. The van der Waals surface area contributed by atoms with Crippen molar-refractivity contribution in [2.45, 2.75) is 26.9 Å². The first-order valence-corrected chi connectivity index (χ1v) is 11.8. The second-order valence-corrected chi connectivity index (χ2v) is 8.63. The summed E-state index contributed by atoms with van der Waals surface area (Å²) in [7, 11) is 3.52. The molecule has 0 aliphatic heterocycles. The van der Waals surface area contributed by atoms with Crippen LogP contribution in [0.3, 0.4) is 0 Å². The first-order chi connectivity index (χ1) is 17.5. The van der Waals surface area contributed by atoms with Crippen LogP contribution in [0.15, 0.2) is 78.9 Å². The minimum absolute atomic E-state index is 0.116. The van der Waals surface area contributed by atoms with Crippen LogP contribution in [0.25, 0.3) is 0 Å². The average Bonchev–Trinajstić information content (AvgIpc) is 2.92. The second-order valence-electron chi connectivity index (χ2n) is 8.63. The largest absolute Gasteiger partial charge is 0.486 e. The molecule has 1 aromatic heterocycles. The fourth-order valence-electron chi connectivity index (χ4n) is 4.08. The van der Waals surface area contributed by atoms with Gasteiger partial charge in [0.2, 0.25) is 0 Å². The summed E-state index contributed by atoms with van der Waals surface area (Å²) in [4.78, 5) is 6.87. The molecule has 1 heterocycles. The van der Waals surface area contributed by atoms with Crippen molar-refractivity contribution in [2.75, 3.05) is 25.9 Å². The van der Waals surface area contributed by atoms with Gasteiger partial charge in [0.25, 0.3) is 0 Å². The molecule has 0 aliphatic rings. The Balaban J connectivity index is 1.61. The molecular formula is C30H31FN2O3. The van der Waals surface area contributed by atoms with Gasteiger partial charge in [0.15, 0.2) is 29.9 Å². The summed E-state index contributed by atoms with van der Waals surface area (Å²) < 4.78 is 32.0. The fourth-order valence-corrected chi connectivity index (χ4v) is 4.08. The van der Waals surface area contributed by atoms with Crippen molar-refractivity contribution in [2.24, 2.45) is 0 Å². The molecule has 0 spiro atoms. The van der Waals surface area contributed by atoms with Crippen LogP contribution in [0.5, 0.6) is 11.5 Å². The third-order valence-electron chi connectivity index (χ3n) is 6.11. The van der Waals surface area contributed by atoms with Gasteiger partial charge in [0.1, 0.15) is 6.61 Å². The molecule has 4 rings (SSSR count). The highest BCUT2D eigenvalue weighted by Gasteiger charge is 2.18. The fraction of sp³-hybridized carbons (Fsp3) is 0.233. The molecule has 3 aromatic carbocycles. The quantitative estimate of drug-likeness (QED) is 0.232. The van der Waals surface area contributed by atoms with E-state index in [0.717, 1.165) is 28.1 Å². The number of methoxy groups -OCH3 is 1. The Morgan fingerprint density at radius 1 is 0.861 bits per heavy atom. The van der Waals surface area contributed by atoms with Crippen LogP contribution in [0.2, 0.25) is 0 Å². The third kappa shape index (κ3) is 5.83. The summed E-state index contributed by atoms with van der Waals surface area (Å²) in [5, 5.41) is 0. The SMILES string of the molecule is COCOc1ccc(Cc2c(C)cc(OCc3ccccc3)c(F)c2C)nc1N(C)c1ccccc1. The molecule has 0 aliphatic carbocycles. The molecule has 4 aromatic rings. The standard InChI is InChI=1S/C30H31FN2O3/c1-21-17-28(35-19-23-11-7-5-8-12-23)29(31)22(2)26(21)18-24-15-16-27(36-20-34-4)30(32-24)33(3)25-13-9-6-10-14-25/h5-17H,18-20H2,1-4H3. The molecule has 0 N–H and O–H groups in total. The predicted molar refractivity (Wildman–Crippen MR) is 141 cm³/mol. The normalized spacial score (nSPS) is 10.8. The predicted octanol–water partition coefficient (Wildman–Crippen LogP) is 6.76. The van der Waals surface area contributed by atoms with Gasteiger partial charge in [0, 0.05) is 32.0 Å². The number of aryl methyl sites for hydroxylation is 1. The molecule has 36 heavy (non-hydrogen) atoms. The minimum Gasteiger partial charge on any atom is -0.486 e. The summed E-state index contributed by atoms with van der Waals surface area (Å²) in [5.41, 5.74) is 5.19. The molecule has 0 atom stereocenters. The highest BCUT2D eigenvalue weighted by molar-refractivity contribution is 5.65. The van der Waals surface area contributed by atoms with E-state index in [1.54, 1.807) is 20.1 Å². The first kappa shape index (κ1) is 25.2. The Kier molecular flexibility index (Phi) is 8.18. The van der Waals surface area contributed by atoms with Crippen molar-refractivity contribution in [3.8, 4) is 11.5 Å². The molecule has 0 amide bonds. The maximum absolute atomic E-state index is 15.3. The Hall–Kier alpha value is -3.90. The highest BCUT2D eigenvalue weighted by atomic mass is 19.1. The Morgan fingerprint density at radius 2 is 1.56 bits per heavy atom. The monoisotopic (exact) mass is 486 g/mol. The van der Waals surface area contributed by atoms with Gasteiger partial charge in [-0.05, 0) is 66.4 Å². The molecule has 6 heteroatoms. The van der Waals surface area contributed by atoms with Crippen LogP contribution in [-0.4, -0.2) is 25.9 Å². The van der Waals surface area contributed by atoms with Gasteiger partial charge >= 0.3 is 0 Å². The lowest BCUT2D eigenvalue weighted by atomic mass is 9.97. The van der Waals surface area contributed by atoms with Crippen LogP contribution in [0.4, 0.5) is 15.9 Å². The van der Waals surface area contributed by atoms with Crippen molar-refractivity contribution in [1.29, 1.82) is 0 Å². The Morgan fingerprint density at radius 3 is 2.25 bits per heavy atom. The van der Waals surface area contributed by atoms with Gasteiger partial charge in [-0.3, -0.25) is 0 Å². The van der Waals surface area contributed by atoms with Crippen molar-refractivity contribution >= 4 is 11.5 Å². The number of aromatic nitrogens is 1. The third-order valence-corrected chi connectivity index (χ3v) is 6.11. The smallest absolute Gasteiger partial charge is 0.188 e. The van der Waals surface area contributed by atoms with E-state index >= 15 is 4.39 Å². The van der Waals surface area contributed by atoms with Crippen molar-refractivity contribution in [3.63, 3.8) is 0 Å². The number of pyridine rings is 1. The van der Waals surface area contributed by atoms with Crippen LogP contribution in [0, 0.1) is 19.7 Å². The molecule has 0 fully saturated rings. The highest BCUT2D eigenvalue weighted by Crippen LogP contribution is 2.33. The van der Waals surface area contributed by atoms with E-state index in [0.29, 0.717) is 30.2 Å². The molecule has 186 valence electrons. The van der Waals surface area contributed by atoms with Crippen molar-refractivity contribution in [3.05, 3.63) is 113 Å². The molecule has 5 nitrogen and oxygen atoms in total. The van der Waals surface area contributed by atoms with Crippen LogP contribution in [-0.2, 0) is 17.8 Å². The summed E-state index contributed by atoms with van der Waals surface area (Å²) >= 11 is 0. The molecule has 0 saturated carbocycles. The zero-order valence-electron chi connectivity index (χ0n) is 21.1. The van der Waals surface area contributed by atoms with E-state index in [1.165, 1.54) is 0 Å². The van der Waals surface area contributed by atoms with Crippen LogP contribution >= 0.6 is 0 Å². The number of para-hydroxylation sites is 1. The van der Waals surface area contributed by atoms with E-state index in [-0.39, 0.29) is 18.4 Å². The van der Waals surface area contributed by atoms with Crippen molar-refractivity contribution in [1.82, 2.24) is 4.98 Å². The lowest BCUT2D eigenvalue weighted by molar-refractivity contribution is 0.0512. The van der Waals surface area contributed by atoms with E-state index in [2.05, 4.69) is 0 Å². The molecule has 0 bridgehead atoms. The maximum atomic E-state index is 15.3. The van der Waals surface area contributed by atoms with Gasteiger partial charge in [0.05, 0.1) is 0 Å². The van der Waals surface area contributed by atoms with Crippen LogP contribution < -0.4 is 14.4 Å². The summed E-state index contributed by atoms with van der Waals surface area (Å²) in [6.07, 6.45) is 0.480. The lowest BCUT2D eigenvalue weighted by Crippen LogP contribution is -2.15. The number of benzene rings is 3. The van der Waals surface area contributed by atoms with Crippen molar-refractivity contribution < 1.29 is 18.6 Å². The van der Waals surface area contributed by atoms with Gasteiger partial charge in [-0.25, -0.2) is 9.37 Å². The van der Waals surface area contributed by atoms with E-state index in [9.17, 15) is 0 Å². The number of nitrogens with zero attached hydrogens (tertiary/aromatic N) is 2. The number of ether oxygens (including phenoxy) is 3. The van der Waals surface area contributed by atoms with Crippen LogP contribution in [0.1, 0.15) is 27.9 Å². The zero-order valence-corrected chi connectivity index (χ0v) is 21.1. The van der Waals surface area contributed by atoms with Gasteiger partial charge < -0.3 is 19.1 Å². The first-order valence-electron chi connectivity index (χ1n) is 11.8. The average molecular weight is 487 g/mol. The maximum Gasteiger partial charge on any atom is 0.188 e. The van der Waals surface area contributed by atoms with E-state index in [1.807, 2.05) is 91.7 Å². The summed E-state index contributed by atoms with van der Waals surface area (Å²) in [5.74, 6) is 1.19. The minimum atomic E-state index is -0.340. The topological polar surface area (TPSA) is 43.8 Å². The van der Waals surface area contributed by atoms with Gasteiger partial charge in [-0.15, -0.1) is 0 Å². The summed E-state index contributed by atoms with van der Waals surface area (Å²) in [6, 6.07) is 25.2. The van der Waals surface area contributed by atoms with Gasteiger partial charge in [-0.1, -0.05) is 48.5 Å².